The van der Waals surface area contributed by atoms with Crippen molar-refractivity contribution in [2.75, 3.05) is 11.9 Å². The fourth-order valence-electron chi connectivity index (χ4n) is 0.935. The van der Waals surface area contributed by atoms with E-state index >= 15 is 0 Å². The molecule has 1 amide bonds. The van der Waals surface area contributed by atoms with Crippen LogP contribution in [0.1, 0.15) is 6.42 Å². The Morgan fingerprint density at radius 2 is 2.14 bits per heavy atom. The molecule has 1 aromatic carbocycles. The molecule has 0 saturated carbocycles. The predicted molar refractivity (Wildman–Crippen MR) is 58.8 cm³/mol. The molecule has 0 atom stereocenters. The zero-order valence-corrected chi connectivity index (χ0v) is 8.90. The second kappa shape index (κ2) is 5.20. The Balaban J connectivity index is 2.72. The minimum absolute atomic E-state index is 0.156. The van der Waals surface area contributed by atoms with Crippen LogP contribution in [0.4, 0.5) is 5.69 Å². The van der Waals surface area contributed by atoms with Crippen molar-refractivity contribution in [1.82, 2.24) is 0 Å². The monoisotopic (exact) mass is 232 g/mol. The molecule has 0 heterocycles. The van der Waals surface area contributed by atoms with Crippen molar-refractivity contribution >= 4 is 34.8 Å². The van der Waals surface area contributed by atoms with Gasteiger partial charge in [-0.25, -0.2) is 0 Å². The highest BCUT2D eigenvalue weighted by molar-refractivity contribution is 6.36. The molecule has 0 aliphatic carbocycles. The van der Waals surface area contributed by atoms with Crippen LogP contribution >= 0.6 is 23.2 Å². The topological polar surface area (TPSA) is 55.1 Å². The van der Waals surface area contributed by atoms with Crippen LogP contribution in [0.25, 0.3) is 0 Å². The number of benzene rings is 1. The number of amides is 1. The number of carbonyl (C=O) groups is 1. The van der Waals surface area contributed by atoms with Crippen LogP contribution in [0.5, 0.6) is 0 Å². The summed E-state index contributed by atoms with van der Waals surface area (Å²) in [7, 11) is 0. The molecule has 0 spiro atoms. The van der Waals surface area contributed by atoms with Gasteiger partial charge in [-0.3, -0.25) is 4.79 Å². The molecule has 0 unspecified atom stereocenters. The average Bonchev–Trinajstić information content (AvgIpc) is 2.10. The number of nitrogens with one attached hydrogen (secondary N) is 1. The Kier molecular flexibility index (Phi) is 4.20. The number of hydrogen-bond acceptors (Lipinski definition) is 2. The van der Waals surface area contributed by atoms with Gasteiger partial charge in [-0.15, -0.1) is 0 Å². The third kappa shape index (κ3) is 3.18. The molecule has 1 aromatic rings. The standard InChI is InChI=1S/C9H10Cl2N2O/c10-6-1-2-8(7(11)5-6)13-9(14)3-4-12/h1-2,5H,3-4,12H2,(H,13,14). The highest BCUT2D eigenvalue weighted by Crippen LogP contribution is 2.25. The summed E-state index contributed by atoms with van der Waals surface area (Å²) in [6, 6.07) is 4.88. The van der Waals surface area contributed by atoms with E-state index in [1.54, 1.807) is 18.2 Å². The molecule has 3 N–H and O–H groups in total. The smallest absolute Gasteiger partial charge is 0.225 e. The fourth-order valence-corrected chi connectivity index (χ4v) is 1.39. The van der Waals surface area contributed by atoms with Gasteiger partial charge in [-0.1, -0.05) is 23.2 Å². The summed E-state index contributed by atoms with van der Waals surface area (Å²) in [5.74, 6) is -0.156. The van der Waals surface area contributed by atoms with Gasteiger partial charge in [0, 0.05) is 18.0 Å². The van der Waals surface area contributed by atoms with E-state index in [-0.39, 0.29) is 12.3 Å². The van der Waals surface area contributed by atoms with Crippen LogP contribution in [0.3, 0.4) is 0 Å². The van der Waals surface area contributed by atoms with Gasteiger partial charge in [0.25, 0.3) is 0 Å². The molecular formula is C9H10Cl2N2O. The molecule has 0 aliphatic heterocycles. The van der Waals surface area contributed by atoms with Gasteiger partial charge in [0.05, 0.1) is 10.7 Å². The minimum atomic E-state index is -0.156. The van der Waals surface area contributed by atoms with Crippen LogP contribution in [0.2, 0.25) is 10.0 Å². The molecule has 0 saturated heterocycles. The first kappa shape index (κ1) is 11.3. The van der Waals surface area contributed by atoms with Gasteiger partial charge in [0.2, 0.25) is 5.91 Å². The molecule has 0 aliphatic rings. The van der Waals surface area contributed by atoms with Crippen molar-refractivity contribution in [3.63, 3.8) is 0 Å². The van der Waals surface area contributed by atoms with Gasteiger partial charge >= 0.3 is 0 Å². The zero-order valence-electron chi connectivity index (χ0n) is 7.39. The van der Waals surface area contributed by atoms with E-state index < -0.39 is 0 Å². The summed E-state index contributed by atoms with van der Waals surface area (Å²) in [5.41, 5.74) is 5.78. The van der Waals surface area contributed by atoms with E-state index in [2.05, 4.69) is 5.32 Å². The third-order valence-electron chi connectivity index (χ3n) is 1.58. The number of nitrogens with two attached hydrogens (primary N) is 1. The van der Waals surface area contributed by atoms with Gasteiger partial charge < -0.3 is 11.1 Å². The van der Waals surface area contributed by atoms with E-state index in [1.165, 1.54) is 0 Å². The van der Waals surface area contributed by atoms with E-state index in [4.69, 9.17) is 28.9 Å². The first-order chi connectivity index (χ1) is 6.63. The lowest BCUT2D eigenvalue weighted by Crippen LogP contribution is -2.16. The maximum Gasteiger partial charge on any atom is 0.225 e. The maximum absolute atomic E-state index is 11.2. The Morgan fingerprint density at radius 1 is 1.43 bits per heavy atom. The van der Waals surface area contributed by atoms with E-state index in [9.17, 15) is 4.79 Å². The van der Waals surface area contributed by atoms with Crippen molar-refractivity contribution in [2.45, 2.75) is 6.42 Å². The van der Waals surface area contributed by atoms with Gasteiger partial charge in [-0.2, -0.15) is 0 Å². The molecule has 1 rings (SSSR count). The van der Waals surface area contributed by atoms with Gasteiger partial charge in [0.1, 0.15) is 0 Å². The molecular weight excluding hydrogens is 223 g/mol. The molecule has 0 aromatic heterocycles. The van der Waals surface area contributed by atoms with Gasteiger partial charge in [0.15, 0.2) is 0 Å². The Hall–Kier alpha value is -0.770. The highest BCUT2D eigenvalue weighted by Gasteiger charge is 2.04. The average molecular weight is 233 g/mol. The van der Waals surface area contributed by atoms with Crippen LogP contribution in [-0.4, -0.2) is 12.5 Å². The zero-order chi connectivity index (χ0) is 10.6. The van der Waals surface area contributed by atoms with Crippen molar-refractivity contribution in [1.29, 1.82) is 0 Å². The number of anilines is 1. The summed E-state index contributed by atoms with van der Waals surface area (Å²) >= 11 is 11.5. The molecule has 14 heavy (non-hydrogen) atoms. The molecule has 5 heteroatoms. The van der Waals surface area contributed by atoms with Crippen LogP contribution in [0, 0.1) is 0 Å². The lowest BCUT2D eigenvalue weighted by atomic mass is 10.3. The van der Waals surface area contributed by atoms with E-state index in [1.807, 2.05) is 0 Å². The van der Waals surface area contributed by atoms with Crippen LogP contribution < -0.4 is 11.1 Å². The van der Waals surface area contributed by atoms with Crippen molar-refractivity contribution in [2.24, 2.45) is 5.73 Å². The minimum Gasteiger partial charge on any atom is -0.330 e. The number of rotatable bonds is 3. The Morgan fingerprint density at radius 3 is 2.71 bits per heavy atom. The maximum atomic E-state index is 11.2. The van der Waals surface area contributed by atoms with Gasteiger partial charge in [-0.05, 0) is 18.2 Å². The summed E-state index contributed by atoms with van der Waals surface area (Å²) in [6.45, 7) is 0.317. The molecule has 76 valence electrons. The largest absolute Gasteiger partial charge is 0.330 e. The van der Waals surface area contributed by atoms with Crippen molar-refractivity contribution in [3.05, 3.63) is 28.2 Å². The summed E-state index contributed by atoms with van der Waals surface area (Å²) in [4.78, 5) is 11.2. The normalized spacial score (nSPS) is 9.93. The Labute approximate surface area is 92.2 Å². The van der Waals surface area contributed by atoms with E-state index in [0.717, 1.165) is 0 Å². The summed E-state index contributed by atoms with van der Waals surface area (Å²) < 4.78 is 0. The first-order valence-corrected chi connectivity index (χ1v) is 4.84. The second-order valence-electron chi connectivity index (χ2n) is 2.71. The molecule has 0 fully saturated rings. The van der Waals surface area contributed by atoms with Crippen molar-refractivity contribution < 1.29 is 4.79 Å². The predicted octanol–water partition coefficient (Wildman–Crippen LogP) is 2.28. The van der Waals surface area contributed by atoms with Crippen LogP contribution in [-0.2, 0) is 4.79 Å². The number of hydrogen-bond donors (Lipinski definition) is 2. The molecule has 0 bridgehead atoms. The summed E-state index contributed by atoms with van der Waals surface area (Å²) in [6.07, 6.45) is 0.277. The SMILES string of the molecule is NCCC(=O)Nc1ccc(Cl)cc1Cl. The number of halogens is 2. The number of carbonyl (C=O) groups excluding carboxylic acids is 1. The van der Waals surface area contributed by atoms with E-state index in [0.29, 0.717) is 22.3 Å². The fraction of sp³-hybridized carbons (Fsp3) is 0.222. The lowest BCUT2D eigenvalue weighted by Gasteiger charge is -2.06. The Bertz CT molecular complexity index is 342. The van der Waals surface area contributed by atoms with Crippen molar-refractivity contribution in [3.8, 4) is 0 Å². The summed E-state index contributed by atoms with van der Waals surface area (Å²) in [5, 5.41) is 3.58. The highest BCUT2D eigenvalue weighted by atomic mass is 35.5. The molecule has 3 nitrogen and oxygen atoms in total. The quantitative estimate of drug-likeness (QED) is 0.841. The second-order valence-corrected chi connectivity index (χ2v) is 3.55. The third-order valence-corrected chi connectivity index (χ3v) is 2.12. The first-order valence-electron chi connectivity index (χ1n) is 4.08. The molecule has 0 radical (unpaired) electrons. The van der Waals surface area contributed by atoms with Crippen LogP contribution in [0.15, 0.2) is 18.2 Å². The lowest BCUT2D eigenvalue weighted by molar-refractivity contribution is -0.116.